The van der Waals surface area contributed by atoms with Crippen LogP contribution in [0.4, 0.5) is 4.39 Å². The van der Waals surface area contributed by atoms with Gasteiger partial charge in [0.05, 0.1) is 6.42 Å². The lowest BCUT2D eigenvalue weighted by atomic mass is 10.1. The maximum absolute atomic E-state index is 13.4. The van der Waals surface area contributed by atoms with Gasteiger partial charge in [0.1, 0.15) is 23.5 Å². The quantitative estimate of drug-likeness (QED) is 0.439. The summed E-state index contributed by atoms with van der Waals surface area (Å²) in [5.74, 6) is -1.27. The molecule has 0 bridgehead atoms. The molecule has 0 aliphatic rings. The first-order chi connectivity index (χ1) is 16.7. The molecule has 35 heavy (non-hydrogen) atoms. The Morgan fingerprint density at radius 3 is 1.94 bits per heavy atom. The van der Waals surface area contributed by atoms with Crippen LogP contribution in [0.1, 0.15) is 57.1 Å². The van der Waals surface area contributed by atoms with E-state index < -0.39 is 11.8 Å². The van der Waals surface area contributed by atoms with Crippen LogP contribution in [0.25, 0.3) is 0 Å². The second-order valence-corrected chi connectivity index (χ2v) is 8.45. The average molecular weight is 478 g/mol. The van der Waals surface area contributed by atoms with E-state index in [4.69, 9.17) is 0 Å². The van der Waals surface area contributed by atoms with Crippen LogP contribution >= 0.6 is 0 Å². The standard InChI is InChI=1S/C26H28FN5O3/c1-16(2)32-24(33)11-18-4-6-19(7-5-18)13-28-25(34)22-12-23(31-15-30-22)26(35)29-14-20-8-9-21(27)17(3)10-20/h4-10,12,15-16H,11,13-14H2,1-3H3,(H,28,34)(H,29,35)(H,32,33). The second kappa shape index (κ2) is 11.8. The van der Waals surface area contributed by atoms with E-state index in [2.05, 4.69) is 25.9 Å². The van der Waals surface area contributed by atoms with Crippen molar-refractivity contribution in [3.05, 3.63) is 94.3 Å². The Bertz CT molecular complexity index is 1210. The maximum atomic E-state index is 13.4. The number of amides is 3. The van der Waals surface area contributed by atoms with Crippen LogP contribution in [0.5, 0.6) is 0 Å². The van der Waals surface area contributed by atoms with Gasteiger partial charge < -0.3 is 16.0 Å². The van der Waals surface area contributed by atoms with E-state index in [0.717, 1.165) is 23.0 Å². The lowest BCUT2D eigenvalue weighted by Crippen LogP contribution is -2.31. The SMILES string of the molecule is Cc1cc(CNC(=O)c2cc(C(=O)NCc3ccc(CC(=O)NC(C)C)cc3)ncn2)ccc1F. The van der Waals surface area contributed by atoms with Gasteiger partial charge in [-0.3, -0.25) is 14.4 Å². The average Bonchev–Trinajstić information content (AvgIpc) is 2.83. The Hall–Kier alpha value is -4.14. The van der Waals surface area contributed by atoms with E-state index in [-0.39, 0.29) is 48.7 Å². The van der Waals surface area contributed by atoms with E-state index in [0.29, 0.717) is 5.56 Å². The molecule has 0 unspecified atom stereocenters. The van der Waals surface area contributed by atoms with Crippen molar-refractivity contribution in [1.29, 1.82) is 0 Å². The Labute approximate surface area is 203 Å². The molecular formula is C26H28FN5O3. The second-order valence-electron chi connectivity index (χ2n) is 8.45. The molecule has 0 saturated carbocycles. The zero-order valence-electron chi connectivity index (χ0n) is 19.9. The van der Waals surface area contributed by atoms with Gasteiger partial charge >= 0.3 is 0 Å². The number of hydrogen-bond donors (Lipinski definition) is 3. The van der Waals surface area contributed by atoms with Crippen molar-refractivity contribution in [3.8, 4) is 0 Å². The minimum atomic E-state index is -0.472. The molecule has 3 aromatic rings. The lowest BCUT2D eigenvalue weighted by molar-refractivity contribution is -0.120. The number of rotatable bonds is 9. The third-order valence-corrected chi connectivity index (χ3v) is 5.10. The van der Waals surface area contributed by atoms with Gasteiger partial charge in [-0.1, -0.05) is 36.4 Å². The molecule has 0 spiro atoms. The molecule has 3 N–H and O–H groups in total. The molecule has 0 radical (unpaired) electrons. The van der Waals surface area contributed by atoms with Crippen molar-refractivity contribution < 1.29 is 18.8 Å². The number of carbonyl (C=O) groups excluding carboxylic acids is 3. The van der Waals surface area contributed by atoms with Crippen molar-refractivity contribution in [2.75, 3.05) is 0 Å². The summed E-state index contributed by atoms with van der Waals surface area (Å²) in [5.41, 5.74) is 3.08. The fourth-order valence-electron chi connectivity index (χ4n) is 3.30. The van der Waals surface area contributed by atoms with Crippen molar-refractivity contribution in [1.82, 2.24) is 25.9 Å². The summed E-state index contributed by atoms with van der Waals surface area (Å²) in [5, 5.41) is 8.31. The zero-order chi connectivity index (χ0) is 25.4. The molecule has 0 aliphatic carbocycles. The Kier molecular flexibility index (Phi) is 8.61. The Balaban J connectivity index is 1.53. The number of hydrogen-bond acceptors (Lipinski definition) is 5. The topological polar surface area (TPSA) is 113 Å². The molecule has 0 aliphatic heterocycles. The molecule has 1 heterocycles. The fraction of sp³-hybridized carbons (Fsp3) is 0.269. The molecule has 0 saturated heterocycles. The zero-order valence-corrected chi connectivity index (χ0v) is 19.9. The molecule has 1 aromatic heterocycles. The van der Waals surface area contributed by atoms with Crippen molar-refractivity contribution in [3.63, 3.8) is 0 Å². The number of aryl methyl sites for hydroxylation is 1. The summed E-state index contributed by atoms with van der Waals surface area (Å²) in [6.07, 6.45) is 1.44. The summed E-state index contributed by atoms with van der Waals surface area (Å²) < 4.78 is 13.4. The summed E-state index contributed by atoms with van der Waals surface area (Å²) in [7, 11) is 0. The summed E-state index contributed by atoms with van der Waals surface area (Å²) in [6, 6.07) is 13.4. The molecule has 182 valence electrons. The highest BCUT2D eigenvalue weighted by Crippen LogP contribution is 2.10. The molecule has 0 atom stereocenters. The number of nitrogens with one attached hydrogen (secondary N) is 3. The van der Waals surface area contributed by atoms with Gasteiger partial charge in [0.15, 0.2) is 0 Å². The van der Waals surface area contributed by atoms with Crippen LogP contribution in [0, 0.1) is 12.7 Å². The lowest BCUT2D eigenvalue weighted by Gasteiger charge is -2.09. The van der Waals surface area contributed by atoms with Gasteiger partial charge in [0.25, 0.3) is 11.8 Å². The normalized spacial score (nSPS) is 10.7. The van der Waals surface area contributed by atoms with Crippen molar-refractivity contribution >= 4 is 17.7 Å². The van der Waals surface area contributed by atoms with Gasteiger partial charge in [-0.15, -0.1) is 0 Å². The maximum Gasteiger partial charge on any atom is 0.270 e. The minimum absolute atomic E-state index is 0.0440. The minimum Gasteiger partial charge on any atom is -0.354 e. The predicted molar refractivity (Wildman–Crippen MR) is 129 cm³/mol. The number of benzene rings is 2. The predicted octanol–water partition coefficient (Wildman–Crippen LogP) is 2.85. The Morgan fingerprint density at radius 2 is 1.37 bits per heavy atom. The highest BCUT2D eigenvalue weighted by molar-refractivity contribution is 5.97. The fourth-order valence-corrected chi connectivity index (χ4v) is 3.30. The van der Waals surface area contributed by atoms with Crippen LogP contribution in [0.2, 0.25) is 0 Å². The molecule has 3 amide bonds. The highest BCUT2D eigenvalue weighted by atomic mass is 19.1. The van der Waals surface area contributed by atoms with E-state index >= 15 is 0 Å². The summed E-state index contributed by atoms with van der Waals surface area (Å²) in [4.78, 5) is 44.8. The molecule has 8 nitrogen and oxygen atoms in total. The van der Waals surface area contributed by atoms with Gasteiger partial charge in [-0.05, 0) is 49.1 Å². The molecule has 2 aromatic carbocycles. The summed E-state index contributed by atoms with van der Waals surface area (Å²) >= 11 is 0. The monoisotopic (exact) mass is 477 g/mol. The van der Waals surface area contributed by atoms with Crippen LogP contribution in [-0.4, -0.2) is 33.7 Å². The third kappa shape index (κ3) is 7.70. The van der Waals surface area contributed by atoms with E-state index in [9.17, 15) is 18.8 Å². The van der Waals surface area contributed by atoms with E-state index in [1.165, 1.54) is 12.1 Å². The Morgan fingerprint density at radius 1 is 0.829 bits per heavy atom. The third-order valence-electron chi connectivity index (χ3n) is 5.10. The van der Waals surface area contributed by atoms with E-state index in [1.807, 2.05) is 38.1 Å². The van der Waals surface area contributed by atoms with Gasteiger partial charge in [0, 0.05) is 25.2 Å². The smallest absolute Gasteiger partial charge is 0.270 e. The largest absolute Gasteiger partial charge is 0.354 e. The van der Waals surface area contributed by atoms with Crippen LogP contribution in [0.3, 0.4) is 0 Å². The first kappa shape index (κ1) is 25.5. The molecule has 3 rings (SSSR count). The highest BCUT2D eigenvalue weighted by Gasteiger charge is 2.13. The van der Waals surface area contributed by atoms with Gasteiger partial charge in [-0.2, -0.15) is 0 Å². The first-order valence-corrected chi connectivity index (χ1v) is 11.2. The van der Waals surface area contributed by atoms with Gasteiger partial charge in [-0.25, -0.2) is 14.4 Å². The molecular weight excluding hydrogens is 449 g/mol. The number of carbonyl (C=O) groups is 3. The molecule has 9 heteroatoms. The van der Waals surface area contributed by atoms with E-state index in [1.54, 1.807) is 19.1 Å². The number of aromatic nitrogens is 2. The molecule has 0 fully saturated rings. The first-order valence-electron chi connectivity index (χ1n) is 11.2. The number of halogens is 1. The number of nitrogens with zero attached hydrogens (tertiary/aromatic N) is 2. The van der Waals surface area contributed by atoms with Crippen molar-refractivity contribution in [2.24, 2.45) is 0 Å². The van der Waals surface area contributed by atoms with Crippen molar-refractivity contribution in [2.45, 2.75) is 46.3 Å². The van der Waals surface area contributed by atoms with Crippen LogP contribution in [-0.2, 0) is 24.3 Å². The summed E-state index contributed by atoms with van der Waals surface area (Å²) in [6.45, 7) is 5.92. The van der Waals surface area contributed by atoms with Crippen LogP contribution < -0.4 is 16.0 Å². The van der Waals surface area contributed by atoms with Gasteiger partial charge in [0.2, 0.25) is 5.91 Å². The van der Waals surface area contributed by atoms with Crippen LogP contribution in [0.15, 0.2) is 54.9 Å².